The summed E-state index contributed by atoms with van der Waals surface area (Å²) in [6.07, 6.45) is 4.69. The zero-order valence-corrected chi connectivity index (χ0v) is 18.2. The molecule has 4 rings (SSSR count). The molecule has 1 aliphatic heterocycles. The number of hydrogen-bond acceptors (Lipinski definition) is 4. The first kappa shape index (κ1) is 20.7. The van der Waals surface area contributed by atoms with Crippen LogP contribution in [0.1, 0.15) is 36.0 Å². The van der Waals surface area contributed by atoms with Gasteiger partial charge in [0.05, 0.1) is 0 Å². The first-order valence-electron chi connectivity index (χ1n) is 10.8. The van der Waals surface area contributed by atoms with E-state index < -0.39 is 0 Å². The van der Waals surface area contributed by atoms with Gasteiger partial charge in [-0.1, -0.05) is 36.4 Å². The molecule has 156 valence electrons. The summed E-state index contributed by atoms with van der Waals surface area (Å²) in [4.78, 5) is 18.0. The lowest BCUT2D eigenvalue weighted by Gasteiger charge is -2.42. The summed E-state index contributed by atoms with van der Waals surface area (Å²) in [5.41, 5.74) is 0.816. The molecule has 29 heavy (non-hydrogen) atoms. The molecule has 2 fully saturated rings. The van der Waals surface area contributed by atoms with Gasteiger partial charge in [-0.25, -0.2) is 0 Å². The van der Waals surface area contributed by atoms with Crippen LogP contribution < -0.4 is 0 Å². The predicted molar refractivity (Wildman–Crippen MR) is 122 cm³/mol. The van der Waals surface area contributed by atoms with Crippen molar-refractivity contribution in [2.45, 2.75) is 37.0 Å². The molecule has 0 spiro atoms. The molecular weight excluding hydrogens is 380 g/mol. The highest BCUT2D eigenvalue weighted by Gasteiger charge is 2.33. The minimum absolute atomic E-state index is 0.153. The molecule has 0 unspecified atom stereocenters. The molecule has 2 aromatic carbocycles. The quantitative estimate of drug-likeness (QED) is 0.725. The van der Waals surface area contributed by atoms with Crippen LogP contribution in [0.25, 0.3) is 10.8 Å². The van der Waals surface area contributed by atoms with E-state index in [4.69, 9.17) is 4.74 Å². The third-order valence-electron chi connectivity index (χ3n) is 6.57. The summed E-state index contributed by atoms with van der Waals surface area (Å²) in [6.45, 7) is 4.38. The molecule has 2 aromatic rings. The van der Waals surface area contributed by atoms with Gasteiger partial charge in [0, 0.05) is 56.8 Å². The number of amides is 1. The topological polar surface area (TPSA) is 32.8 Å². The van der Waals surface area contributed by atoms with Gasteiger partial charge in [-0.05, 0) is 48.4 Å². The van der Waals surface area contributed by atoms with Crippen molar-refractivity contribution in [2.24, 2.45) is 5.92 Å². The van der Waals surface area contributed by atoms with Gasteiger partial charge >= 0.3 is 0 Å². The van der Waals surface area contributed by atoms with Crippen molar-refractivity contribution in [2.75, 3.05) is 39.9 Å². The number of benzene rings is 2. The lowest BCUT2D eigenvalue weighted by molar-refractivity contribution is 0.0343. The standard InChI is InChI=1S/C24H32N2O2S/c1-28-14-11-20-17-26(13-12-25(20)16-18-9-10-21(29)15-18)24(27)23-8-4-6-19-5-2-3-7-22(19)23/h2-8,18,20-21,29H,9-17H2,1H3/t18-,20+,21+/m1/s1. The van der Waals surface area contributed by atoms with Crippen LogP contribution in [0, 0.1) is 5.92 Å². The number of nitrogens with zero attached hydrogens (tertiary/aromatic N) is 2. The van der Waals surface area contributed by atoms with Crippen LogP contribution in [0.3, 0.4) is 0 Å². The molecule has 1 heterocycles. The molecule has 0 bridgehead atoms. The largest absolute Gasteiger partial charge is 0.385 e. The van der Waals surface area contributed by atoms with Gasteiger partial charge in [0.1, 0.15) is 0 Å². The number of thiol groups is 1. The lowest BCUT2D eigenvalue weighted by atomic mass is 10.0. The van der Waals surface area contributed by atoms with Crippen LogP contribution in [0.15, 0.2) is 42.5 Å². The second-order valence-electron chi connectivity index (χ2n) is 8.54. The molecule has 2 aliphatic rings. The van der Waals surface area contributed by atoms with E-state index >= 15 is 0 Å². The van der Waals surface area contributed by atoms with Gasteiger partial charge < -0.3 is 9.64 Å². The van der Waals surface area contributed by atoms with Crippen LogP contribution in [0.4, 0.5) is 0 Å². The van der Waals surface area contributed by atoms with Gasteiger partial charge in [-0.15, -0.1) is 0 Å². The second kappa shape index (κ2) is 9.50. The fraction of sp³-hybridized carbons (Fsp3) is 0.542. The Hall–Kier alpha value is -1.56. The van der Waals surface area contributed by atoms with Crippen LogP contribution in [-0.2, 0) is 4.74 Å². The number of carbonyl (C=O) groups excluding carboxylic acids is 1. The number of methoxy groups -OCH3 is 1. The zero-order chi connectivity index (χ0) is 20.2. The molecule has 5 heteroatoms. The first-order chi connectivity index (χ1) is 14.2. The van der Waals surface area contributed by atoms with E-state index in [1.54, 1.807) is 7.11 Å². The molecule has 0 aromatic heterocycles. The fourth-order valence-electron chi connectivity index (χ4n) is 4.97. The second-order valence-corrected chi connectivity index (χ2v) is 9.27. The van der Waals surface area contributed by atoms with Gasteiger partial charge in [-0.3, -0.25) is 9.69 Å². The molecule has 1 saturated heterocycles. The van der Waals surface area contributed by atoms with Crippen LogP contribution in [0.2, 0.25) is 0 Å². The van der Waals surface area contributed by atoms with Crippen molar-refractivity contribution in [1.82, 2.24) is 9.80 Å². The van der Waals surface area contributed by atoms with Crippen molar-refractivity contribution in [3.63, 3.8) is 0 Å². The van der Waals surface area contributed by atoms with E-state index in [9.17, 15) is 4.79 Å². The minimum Gasteiger partial charge on any atom is -0.385 e. The molecular formula is C24H32N2O2S. The molecule has 0 radical (unpaired) electrons. The zero-order valence-electron chi connectivity index (χ0n) is 17.3. The number of ether oxygens (including phenoxy) is 1. The highest BCUT2D eigenvalue weighted by atomic mass is 32.1. The Bertz CT molecular complexity index is 837. The lowest BCUT2D eigenvalue weighted by Crippen LogP contribution is -2.56. The van der Waals surface area contributed by atoms with Crippen molar-refractivity contribution >= 4 is 29.3 Å². The van der Waals surface area contributed by atoms with E-state index in [1.165, 1.54) is 19.3 Å². The monoisotopic (exact) mass is 412 g/mol. The maximum Gasteiger partial charge on any atom is 0.254 e. The fourth-order valence-corrected chi connectivity index (χ4v) is 5.42. The normalized spacial score (nSPS) is 25.6. The Morgan fingerprint density at radius 2 is 1.97 bits per heavy atom. The molecule has 1 amide bonds. The molecule has 3 atom stereocenters. The van der Waals surface area contributed by atoms with E-state index in [0.29, 0.717) is 11.3 Å². The maximum atomic E-state index is 13.4. The first-order valence-corrected chi connectivity index (χ1v) is 11.4. The minimum atomic E-state index is 0.153. The van der Waals surface area contributed by atoms with Gasteiger partial charge in [0.25, 0.3) is 5.91 Å². The smallest absolute Gasteiger partial charge is 0.254 e. The number of carbonyl (C=O) groups is 1. The highest BCUT2D eigenvalue weighted by Crippen LogP contribution is 2.31. The van der Waals surface area contributed by atoms with Crippen LogP contribution in [0.5, 0.6) is 0 Å². The molecule has 0 N–H and O–H groups in total. The molecule has 1 aliphatic carbocycles. The van der Waals surface area contributed by atoms with Crippen LogP contribution in [-0.4, -0.2) is 66.9 Å². The van der Waals surface area contributed by atoms with E-state index in [-0.39, 0.29) is 5.91 Å². The SMILES string of the molecule is COCC[C@H]1CN(C(=O)c2cccc3ccccc23)CCN1C[C@@H]1CC[C@H](S)C1. The summed E-state index contributed by atoms with van der Waals surface area (Å²) < 4.78 is 5.38. The average Bonchev–Trinajstić information content (AvgIpc) is 3.16. The third kappa shape index (κ3) is 4.79. The van der Waals surface area contributed by atoms with Crippen molar-refractivity contribution < 1.29 is 9.53 Å². The summed E-state index contributed by atoms with van der Waals surface area (Å²) in [7, 11) is 1.76. The van der Waals surface area contributed by atoms with Crippen molar-refractivity contribution in [3.05, 3.63) is 48.0 Å². The van der Waals surface area contributed by atoms with E-state index in [0.717, 1.165) is 61.5 Å². The van der Waals surface area contributed by atoms with Crippen molar-refractivity contribution in [3.8, 4) is 0 Å². The number of fused-ring (bicyclic) bond motifs is 1. The Morgan fingerprint density at radius 1 is 1.14 bits per heavy atom. The Morgan fingerprint density at radius 3 is 2.76 bits per heavy atom. The van der Waals surface area contributed by atoms with E-state index in [2.05, 4.69) is 40.6 Å². The van der Waals surface area contributed by atoms with Gasteiger partial charge in [-0.2, -0.15) is 12.6 Å². The van der Waals surface area contributed by atoms with E-state index in [1.807, 2.05) is 24.3 Å². The van der Waals surface area contributed by atoms with Crippen molar-refractivity contribution in [1.29, 1.82) is 0 Å². The number of piperazine rings is 1. The number of rotatable bonds is 6. The number of hydrogen-bond donors (Lipinski definition) is 1. The Kier molecular flexibility index (Phi) is 6.78. The molecule has 4 nitrogen and oxygen atoms in total. The summed E-state index contributed by atoms with van der Waals surface area (Å²) in [5, 5.41) is 2.73. The summed E-state index contributed by atoms with van der Waals surface area (Å²) in [5.74, 6) is 0.892. The Balaban J connectivity index is 1.48. The summed E-state index contributed by atoms with van der Waals surface area (Å²) in [6, 6.07) is 14.5. The van der Waals surface area contributed by atoms with Gasteiger partial charge in [0.15, 0.2) is 0 Å². The maximum absolute atomic E-state index is 13.4. The average molecular weight is 413 g/mol. The highest BCUT2D eigenvalue weighted by molar-refractivity contribution is 7.80. The molecule has 1 saturated carbocycles. The van der Waals surface area contributed by atoms with Crippen LogP contribution >= 0.6 is 12.6 Å². The third-order valence-corrected chi connectivity index (χ3v) is 7.04. The Labute approximate surface area is 179 Å². The van der Waals surface area contributed by atoms with Gasteiger partial charge in [0.2, 0.25) is 0 Å². The predicted octanol–water partition coefficient (Wildman–Crippen LogP) is 4.10. The summed E-state index contributed by atoms with van der Waals surface area (Å²) >= 11 is 4.67.